The number of hydrogen-bond acceptors (Lipinski definition) is 4. The van der Waals surface area contributed by atoms with Crippen molar-refractivity contribution < 1.29 is 4.79 Å². The molecule has 1 aliphatic carbocycles. The van der Waals surface area contributed by atoms with Crippen LogP contribution in [0, 0.1) is 5.92 Å². The average Bonchev–Trinajstić information content (AvgIpc) is 2.82. The molecule has 2 fully saturated rings. The van der Waals surface area contributed by atoms with E-state index in [4.69, 9.17) is 5.73 Å². The molecule has 1 atom stereocenters. The minimum atomic E-state index is -0.303. The zero-order chi connectivity index (χ0) is 10.2. The van der Waals surface area contributed by atoms with Crippen LogP contribution in [-0.2, 0) is 4.79 Å². The lowest BCUT2D eigenvalue weighted by Gasteiger charge is -2.30. The average molecular weight is 231 g/mol. The maximum absolute atomic E-state index is 11.7. The van der Waals surface area contributed by atoms with Crippen molar-refractivity contribution in [3.8, 4) is 0 Å². The van der Waals surface area contributed by atoms with Crippen molar-refractivity contribution in [1.29, 1.82) is 0 Å². The minimum Gasteiger partial charge on any atom is -0.325 e. The molecule has 80 valence electrons. The van der Waals surface area contributed by atoms with Gasteiger partial charge in [0.1, 0.15) is 4.08 Å². The molecule has 2 aliphatic rings. The summed E-state index contributed by atoms with van der Waals surface area (Å²) in [5.74, 6) is 3.21. The normalized spacial score (nSPS) is 27.6. The molecule has 0 aromatic rings. The molecule has 0 spiro atoms. The topological polar surface area (TPSA) is 43.1 Å². The minimum absolute atomic E-state index is 0.0602. The molecule has 0 amide bonds. The lowest BCUT2D eigenvalue weighted by atomic mass is 10.0. The molecule has 0 radical (unpaired) electrons. The number of Topliss-reactive ketones (excluding diaryl/α,β-unsaturated/α-hetero) is 1. The van der Waals surface area contributed by atoms with Crippen molar-refractivity contribution in [1.82, 2.24) is 0 Å². The van der Waals surface area contributed by atoms with Crippen LogP contribution in [0.15, 0.2) is 0 Å². The molecule has 0 aromatic heterocycles. The number of carbonyl (C=O) groups is 1. The van der Waals surface area contributed by atoms with Crippen molar-refractivity contribution in [2.45, 2.75) is 36.3 Å². The van der Waals surface area contributed by atoms with E-state index in [-0.39, 0.29) is 15.9 Å². The van der Waals surface area contributed by atoms with E-state index in [1.807, 2.05) is 0 Å². The third kappa shape index (κ3) is 1.97. The summed E-state index contributed by atoms with van der Waals surface area (Å²) in [6.45, 7) is 1.69. The van der Waals surface area contributed by atoms with E-state index in [9.17, 15) is 4.79 Å². The first kappa shape index (κ1) is 10.8. The Hall–Kier alpha value is 0.330. The molecular formula is C10H17NOS2. The summed E-state index contributed by atoms with van der Waals surface area (Å²) in [7, 11) is 0. The number of thioether (sulfide) groups is 2. The number of ketones is 1. The van der Waals surface area contributed by atoms with E-state index < -0.39 is 0 Å². The molecular weight excluding hydrogens is 214 g/mol. The van der Waals surface area contributed by atoms with Gasteiger partial charge < -0.3 is 5.73 Å². The van der Waals surface area contributed by atoms with Crippen molar-refractivity contribution in [3.05, 3.63) is 0 Å². The molecule has 14 heavy (non-hydrogen) atoms. The first-order chi connectivity index (χ1) is 6.65. The molecule has 1 heterocycles. The van der Waals surface area contributed by atoms with Gasteiger partial charge in [0.2, 0.25) is 0 Å². The van der Waals surface area contributed by atoms with Crippen LogP contribution >= 0.6 is 23.5 Å². The van der Waals surface area contributed by atoms with Gasteiger partial charge in [-0.3, -0.25) is 4.79 Å². The van der Waals surface area contributed by atoms with Crippen LogP contribution in [0.5, 0.6) is 0 Å². The molecule has 4 heteroatoms. The van der Waals surface area contributed by atoms with E-state index in [0.29, 0.717) is 0 Å². The van der Waals surface area contributed by atoms with Crippen LogP contribution in [0.25, 0.3) is 0 Å². The van der Waals surface area contributed by atoms with Gasteiger partial charge in [0.25, 0.3) is 0 Å². The number of rotatable bonds is 4. The van der Waals surface area contributed by atoms with Gasteiger partial charge in [-0.2, -0.15) is 0 Å². The lowest BCUT2D eigenvalue weighted by molar-refractivity contribution is -0.117. The van der Waals surface area contributed by atoms with E-state index >= 15 is 0 Å². The summed E-state index contributed by atoms with van der Waals surface area (Å²) in [6, 6.07) is 0.0602. The standard InChI is InChI=1S/C10H17NOS2/c1-7(12)10(13-4-5-14-10)9(11)6-8-2-3-8/h8-9H,2-6,11H2,1H3. The Kier molecular flexibility index (Phi) is 3.15. The summed E-state index contributed by atoms with van der Waals surface area (Å²) >= 11 is 3.53. The molecule has 1 aliphatic heterocycles. The van der Waals surface area contributed by atoms with Gasteiger partial charge in [-0.25, -0.2) is 0 Å². The number of carbonyl (C=O) groups excluding carboxylic acids is 1. The molecule has 0 bridgehead atoms. The van der Waals surface area contributed by atoms with Gasteiger partial charge in [-0.15, -0.1) is 23.5 Å². The van der Waals surface area contributed by atoms with Crippen molar-refractivity contribution in [2.75, 3.05) is 11.5 Å². The maximum Gasteiger partial charge on any atom is 0.157 e. The Labute approximate surface area is 93.8 Å². The van der Waals surface area contributed by atoms with Crippen LogP contribution in [0.1, 0.15) is 26.2 Å². The van der Waals surface area contributed by atoms with Crippen molar-refractivity contribution in [3.63, 3.8) is 0 Å². The highest BCUT2D eigenvalue weighted by atomic mass is 32.2. The van der Waals surface area contributed by atoms with E-state index in [1.54, 1.807) is 30.4 Å². The van der Waals surface area contributed by atoms with Gasteiger partial charge in [-0.05, 0) is 19.3 Å². The largest absolute Gasteiger partial charge is 0.325 e. The molecule has 0 aromatic carbocycles. The lowest BCUT2D eigenvalue weighted by Crippen LogP contribution is -2.46. The number of hydrogen-bond donors (Lipinski definition) is 1. The Morgan fingerprint density at radius 3 is 2.50 bits per heavy atom. The maximum atomic E-state index is 11.7. The quantitative estimate of drug-likeness (QED) is 0.802. The predicted molar refractivity (Wildman–Crippen MR) is 63.6 cm³/mol. The fraction of sp³-hybridized carbons (Fsp3) is 0.900. The molecule has 2 N–H and O–H groups in total. The fourth-order valence-electron chi connectivity index (χ4n) is 1.97. The predicted octanol–water partition coefficient (Wildman–Crippen LogP) is 1.88. The van der Waals surface area contributed by atoms with E-state index in [2.05, 4.69) is 0 Å². The van der Waals surface area contributed by atoms with Crippen LogP contribution < -0.4 is 5.73 Å². The van der Waals surface area contributed by atoms with E-state index in [1.165, 1.54) is 12.8 Å². The Morgan fingerprint density at radius 1 is 1.50 bits per heavy atom. The number of nitrogens with two attached hydrogens (primary N) is 1. The molecule has 1 saturated heterocycles. The van der Waals surface area contributed by atoms with Crippen molar-refractivity contribution in [2.24, 2.45) is 11.7 Å². The highest BCUT2D eigenvalue weighted by Gasteiger charge is 2.47. The van der Waals surface area contributed by atoms with Gasteiger partial charge in [0, 0.05) is 17.5 Å². The fourth-order valence-corrected chi connectivity index (χ4v) is 5.11. The third-order valence-electron chi connectivity index (χ3n) is 2.98. The SMILES string of the molecule is CC(=O)C1(C(N)CC2CC2)SCCS1. The monoisotopic (exact) mass is 231 g/mol. The zero-order valence-corrected chi connectivity index (χ0v) is 10.1. The summed E-state index contributed by atoms with van der Waals surface area (Å²) in [4.78, 5) is 11.7. The van der Waals surface area contributed by atoms with Crippen LogP contribution in [-0.4, -0.2) is 27.4 Å². The molecule has 1 unspecified atom stereocenters. The Balaban J connectivity index is 2.04. The second kappa shape index (κ2) is 4.06. The summed E-state index contributed by atoms with van der Waals surface area (Å²) < 4.78 is -0.303. The summed E-state index contributed by atoms with van der Waals surface area (Å²) in [5.41, 5.74) is 6.19. The Morgan fingerprint density at radius 2 is 2.07 bits per heavy atom. The summed E-state index contributed by atoms with van der Waals surface area (Å²) in [5, 5.41) is 0. The van der Waals surface area contributed by atoms with Crippen LogP contribution in [0.2, 0.25) is 0 Å². The Bertz CT molecular complexity index is 234. The van der Waals surface area contributed by atoms with E-state index in [0.717, 1.165) is 23.8 Å². The van der Waals surface area contributed by atoms with Gasteiger partial charge in [0.05, 0.1) is 0 Å². The van der Waals surface area contributed by atoms with Crippen molar-refractivity contribution >= 4 is 29.3 Å². The molecule has 2 nitrogen and oxygen atoms in total. The molecule has 2 rings (SSSR count). The van der Waals surface area contributed by atoms with Gasteiger partial charge in [0.15, 0.2) is 5.78 Å². The summed E-state index contributed by atoms with van der Waals surface area (Å²) in [6.07, 6.45) is 3.67. The molecule has 1 saturated carbocycles. The van der Waals surface area contributed by atoms with Crippen LogP contribution in [0.4, 0.5) is 0 Å². The zero-order valence-electron chi connectivity index (χ0n) is 8.49. The second-order valence-corrected chi connectivity index (χ2v) is 7.15. The highest BCUT2D eigenvalue weighted by molar-refractivity contribution is 8.22. The highest BCUT2D eigenvalue weighted by Crippen LogP contribution is 2.49. The smallest absolute Gasteiger partial charge is 0.157 e. The first-order valence-corrected chi connectivity index (χ1v) is 7.17. The van der Waals surface area contributed by atoms with Crippen LogP contribution in [0.3, 0.4) is 0 Å². The second-order valence-electron chi connectivity index (χ2n) is 4.21. The first-order valence-electron chi connectivity index (χ1n) is 5.19. The van der Waals surface area contributed by atoms with Gasteiger partial charge in [-0.1, -0.05) is 12.8 Å². The third-order valence-corrected chi connectivity index (χ3v) is 6.80. The van der Waals surface area contributed by atoms with Gasteiger partial charge >= 0.3 is 0 Å².